The van der Waals surface area contributed by atoms with Gasteiger partial charge in [0.25, 0.3) is 0 Å². The van der Waals surface area contributed by atoms with Gasteiger partial charge in [-0.15, -0.1) is 0 Å². The maximum atomic E-state index is 9.14. The molecule has 1 aromatic carbocycles. The van der Waals surface area contributed by atoms with Crippen molar-refractivity contribution >= 4 is 0 Å². The molecule has 0 fully saturated rings. The van der Waals surface area contributed by atoms with Crippen molar-refractivity contribution in [1.29, 1.82) is 0 Å². The van der Waals surface area contributed by atoms with Gasteiger partial charge in [0, 0.05) is 6.07 Å². The number of nitrogens with zero attached hydrogens (tertiary/aromatic N) is 2. The molecule has 5 nitrogen and oxygen atoms in total. The summed E-state index contributed by atoms with van der Waals surface area (Å²) in [6.45, 7) is 1.93. The van der Waals surface area contributed by atoms with E-state index in [-0.39, 0.29) is 6.61 Å². The standard InChI is InChI=1S/C13H16N2O3/c1-10(16)9-18-13-7-14-15(8-13)11-4-3-5-12(6-11)17-2/h3-8,10,16H,9H2,1-2H3. The third-order valence-corrected chi connectivity index (χ3v) is 2.37. The zero-order valence-corrected chi connectivity index (χ0v) is 10.4. The van der Waals surface area contributed by atoms with Crippen LogP contribution in [0.2, 0.25) is 0 Å². The Kier molecular flexibility index (Phi) is 3.84. The average molecular weight is 248 g/mol. The summed E-state index contributed by atoms with van der Waals surface area (Å²) in [7, 11) is 1.62. The van der Waals surface area contributed by atoms with Crippen molar-refractivity contribution in [2.24, 2.45) is 0 Å². The molecule has 0 aliphatic rings. The van der Waals surface area contributed by atoms with Crippen LogP contribution in [0.4, 0.5) is 0 Å². The topological polar surface area (TPSA) is 56.5 Å². The molecule has 0 radical (unpaired) electrons. The minimum absolute atomic E-state index is 0.254. The van der Waals surface area contributed by atoms with Crippen LogP contribution in [0.5, 0.6) is 11.5 Å². The fraction of sp³-hybridized carbons (Fsp3) is 0.308. The van der Waals surface area contributed by atoms with Gasteiger partial charge in [0.2, 0.25) is 0 Å². The first-order valence-corrected chi connectivity index (χ1v) is 5.69. The Labute approximate surface area is 106 Å². The number of aliphatic hydroxyl groups excluding tert-OH is 1. The van der Waals surface area contributed by atoms with Gasteiger partial charge < -0.3 is 14.6 Å². The van der Waals surface area contributed by atoms with Crippen LogP contribution >= 0.6 is 0 Å². The lowest BCUT2D eigenvalue weighted by Crippen LogP contribution is -2.12. The van der Waals surface area contributed by atoms with E-state index in [1.165, 1.54) is 0 Å². The first-order valence-electron chi connectivity index (χ1n) is 5.69. The summed E-state index contributed by atoms with van der Waals surface area (Å²) in [6, 6.07) is 7.57. The van der Waals surface area contributed by atoms with Gasteiger partial charge in [-0.1, -0.05) is 6.07 Å². The molecule has 1 unspecified atom stereocenters. The zero-order chi connectivity index (χ0) is 13.0. The molecule has 0 saturated carbocycles. The molecule has 18 heavy (non-hydrogen) atoms. The van der Waals surface area contributed by atoms with Crippen LogP contribution in [-0.2, 0) is 0 Å². The van der Waals surface area contributed by atoms with Crippen molar-refractivity contribution in [3.05, 3.63) is 36.7 Å². The average Bonchev–Trinajstić information content (AvgIpc) is 2.85. The molecule has 96 valence electrons. The largest absolute Gasteiger partial charge is 0.497 e. The molecule has 0 bridgehead atoms. The van der Waals surface area contributed by atoms with Crippen molar-refractivity contribution in [3.8, 4) is 17.2 Å². The van der Waals surface area contributed by atoms with E-state index in [2.05, 4.69) is 5.10 Å². The molecular formula is C13H16N2O3. The molecule has 1 heterocycles. The van der Waals surface area contributed by atoms with Gasteiger partial charge in [0.05, 0.1) is 31.3 Å². The lowest BCUT2D eigenvalue weighted by atomic mass is 10.3. The van der Waals surface area contributed by atoms with Gasteiger partial charge in [-0.25, -0.2) is 4.68 Å². The van der Waals surface area contributed by atoms with Gasteiger partial charge in [-0.05, 0) is 19.1 Å². The molecule has 0 aliphatic heterocycles. The number of rotatable bonds is 5. The van der Waals surface area contributed by atoms with Gasteiger partial charge >= 0.3 is 0 Å². The molecule has 0 aliphatic carbocycles. The highest BCUT2D eigenvalue weighted by atomic mass is 16.5. The second-order valence-corrected chi connectivity index (χ2v) is 3.98. The SMILES string of the molecule is COc1cccc(-n2cc(OCC(C)O)cn2)c1. The highest BCUT2D eigenvalue weighted by Crippen LogP contribution is 2.18. The number of benzene rings is 1. The summed E-state index contributed by atoms with van der Waals surface area (Å²) in [4.78, 5) is 0. The van der Waals surface area contributed by atoms with E-state index < -0.39 is 6.10 Å². The van der Waals surface area contributed by atoms with Crippen LogP contribution in [0.3, 0.4) is 0 Å². The summed E-state index contributed by atoms with van der Waals surface area (Å²) in [5, 5.41) is 13.3. The second kappa shape index (κ2) is 5.55. The molecule has 5 heteroatoms. The summed E-state index contributed by atoms with van der Waals surface area (Å²) < 4.78 is 12.2. The number of methoxy groups -OCH3 is 1. The summed E-state index contributed by atoms with van der Waals surface area (Å²) in [5.74, 6) is 1.40. The van der Waals surface area contributed by atoms with Crippen LogP contribution in [0.1, 0.15) is 6.92 Å². The van der Waals surface area contributed by atoms with Crippen molar-refractivity contribution in [1.82, 2.24) is 9.78 Å². The second-order valence-electron chi connectivity index (χ2n) is 3.98. The Balaban J connectivity index is 2.13. The quantitative estimate of drug-likeness (QED) is 0.874. The van der Waals surface area contributed by atoms with Crippen LogP contribution in [-0.4, -0.2) is 34.7 Å². The Bertz CT molecular complexity index is 508. The highest BCUT2D eigenvalue weighted by molar-refractivity contribution is 5.39. The van der Waals surface area contributed by atoms with Gasteiger partial charge in [0.15, 0.2) is 5.75 Å². The Hall–Kier alpha value is -2.01. The van der Waals surface area contributed by atoms with E-state index in [0.717, 1.165) is 11.4 Å². The minimum atomic E-state index is -0.495. The number of aliphatic hydroxyl groups is 1. The molecule has 0 saturated heterocycles. The third-order valence-electron chi connectivity index (χ3n) is 2.37. The Morgan fingerprint density at radius 2 is 2.22 bits per heavy atom. The lowest BCUT2D eigenvalue weighted by molar-refractivity contribution is 0.122. The summed E-state index contributed by atoms with van der Waals surface area (Å²) in [5.41, 5.74) is 0.890. The predicted molar refractivity (Wildman–Crippen MR) is 67.3 cm³/mol. The predicted octanol–water partition coefficient (Wildman–Crippen LogP) is 1.64. The van der Waals surface area contributed by atoms with Gasteiger partial charge in [-0.2, -0.15) is 5.10 Å². The van der Waals surface area contributed by atoms with Crippen molar-refractivity contribution in [2.45, 2.75) is 13.0 Å². The molecular weight excluding hydrogens is 232 g/mol. The van der Waals surface area contributed by atoms with E-state index >= 15 is 0 Å². The van der Waals surface area contributed by atoms with Gasteiger partial charge in [-0.3, -0.25) is 0 Å². The van der Waals surface area contributed by atoms with Crippen LogP contribution < -0.4 is 9.47 Å². The lowest BCUT2D eigenvalue weighted by Gasteiger charge is -2.05. The van der Waals surface area contributed by atoms with E-state index in [4.69, 9.17) is 14.6 Å². The monoisotopic (exact) mass is 248 g/mol. The Morgan fingerprint density at radius 1 is 1.39 bits per heavy atom. The summed E-state index contributed by atoms with van der Waals surface area (Å²) in [6.07, 6.45) is 2.88. The Morgan fingerprint density at radius 3 is 2.94 bits per heavy atom. The van der Waals surface area contributed by atoms with Gasteiger partial charge in [0.1, 0.15) is 12.4 Å². The molecule has 0 amide bonds. The maximum absolute atomic E-state index is 9.14. The van der Waals surface area contributed by atoms with Crippen molar-refractivity contribution < 1.29 is 14.6 Å². The molecule has 2 aromatic rings. The van der Waals surface area contributed by atoms with Crippen LogP contribution in [0.25, 0.3) is 5.69 Å². The fourth-order valence-electron chi connectivity index (χ4n) is 1.49. The number of hydrogen-bond acceptors (Lipinski definition) is 4. The molecule has 1 aromatic heterocycles. The fourth-order valence-corrected chi connectivity index (χ4v) is 1.49. The van der Waals surface area contributed by atoms with Crippen molar-refractivity contribution in [2.75, 3.05) is 13.7 Å². The third kappa shape index (κ3) is 3.01. The smallest absolute Gasteiger partial charge is 0.157 e. The molecule has 0 spiro atoms. The minimum Gasteiger partial charge on any atom is -0.497 e. The zero-order valence-electron chi connectivity index (χ0n) is 10.4. The summed E-state index contributed by atoms with van der Waals surface area (Å²) >= 11 is 0. The highest BCUT2D eigenvalue weighted by Gasteiger charge is 2.04. The van der Waals surface area contributed by atoms with E-state index in [9.17, 15) is 0 Å². The molecule has 1 atom stereocenters. The number of aromatic nitrogens is 2. The first kappa shape index (κ1) is 12.4. The van der Waals surface area contributed by atoms with Crippen LogP contribution in [0.15, 0.2) is 36.7 Å². The maximum Gasteiger partial charge on any atom is 0.157 e. The number of hydrogen-bond donors (Lipinski definition) is 1. The number of ether oxygens (including phenoxy) is 2. The van der Waals surface area contributed by atoms with Crippen molar-refractivity contribution in [3.63, 3.8) is 0 Å². The van der Waals surface area contributed by atoms with E-state index in [1.54, 1.807) is 31.1 Å². The molecule has 2 rings (SSSR count). The first-order chi connectivity index (χ1) is 8.69. The normalized spacial score (nSPS) is 12.2. The molecule has 1 N–H and O–H groups in total. The van der Waals surface area contributed by atoms with Crippen LogP contribution in [0, 0.1) is 0 Å². The van der Waals surface area contributed by atoms with E-state index in [0.29, 0.717) is 5.75 Å². The van der Waals surface area contributed by atoms with E-state index in [1.807, 2.05) is 24.3 Å².